The van der Waals surface area contributed by atoms with Crippen molar-refractivity contribution in [1.82, 2.24) is 0 Å². The summed E-state index contributed by atoms with van der Waals surface area (Å²) in [4.78, 5) is 11.4. The Hall–Kier alpha value is -1.31. The van der Waals surface area contributed by atoms with Crippen LogP contribution >= 0.6 is 0 Å². The van der Waals surface area contributed by atoms with Crippen LogP contribution in [0.5, 0.6) is 5.75 Å². The average molecular weight is 206 g/mol. The number of hydrogen-bond donors (Lipinski definition) is 0. The predicted molar refractivity (Wildman–Crippen MR) is 61.4 cm³/mol. The van der Waals surface area contributed by atoms with Gasteiger partial charge in [0.25, 0.3) is 0 Å². The molecule has 0 saturated heterocycles. The standard InChI is InChI=1S/C13H18O2/c1-5-12(14)10-6-8-11(9-7-10)15-13(2,3)4/h6-9H,5H2,1-4H3. The van der Waals surface area contributed by atoms with Crippen LogP contribution in [0.25, 0.3) is 0 Å². The van der Waals surface area contributed by atoms with Crippen LogP contribution in [0.15, 0.2) is 24.3 Å². The molecule has 0 fully saturated rings. The lowest BCUT2D eigenvalue weighted by Gasteiger charge is -2.21. The van der Waals surface area contributed by atoms with Crippen LogP contribution < -0.4 is 4.74 Å². The number of carbonyl (C=O) groups is 1. The molecular weight excluding hydrogens is 188 g/mol. The van der Waals surface area contributed by atoms with Gasteiger partial charge in [-0.05, 0) is 45.0 Å². The highest BCUT2D eigenvalue weighted by molar-refractivity contribution is 5.95. The van der Waals surface area contributed by atoms with Gasteiger partial charge < -0.3 is 4.74 Å². The van der Waals surface area contributed by atoms with Gasteiger partial charge in [0.05, 0.1) is 0 Å². The van der Waals surface area contributed by atoms with Gasteiger partial charge in [0, 0.05) is 12.0 Å². The topological polar surface area (TPSA) is 26.3 Å². The predicted octanol–water partition coefficient (Wildman–Crippen LogP) is 3.46. The summed E-state index contributed by atoms with van der Waals surface area (Å²) in [5, 5.41) is 0. The Kier molecular flexibility index (Phi) is 3.51. The van der Waals surface area contributed by atoms with Crippen molar-refractivity contribution < 1.29 is 9.53 Å². The maximum atomic E-state index is 11.4. The minimum absolute atomic E-state index is 0.164. The maximum absolute atomic E-state index is 11.4. The number of ketones is 1. The van der Waals surface area contributed by atoms with Crippen LogP contribution in [0.3, 0.4) is 0 Å². The SMILES string of the molecule is CCC(=O)c1ccc(OC(C)(C)C)cc1. The van der Waals surface area contributed by atoms with Gasteiger partial charge in [-0.1, -0.05) is 6.92 Å². The van der Waals surface area contributed by atoms with Crippen molar-refractivity contribution in [3.05, 3.63) is 29.8 Å². The molecule has 2 heteroatoms. The van der Waals surface area contributed by atoms with Crippen molar-refractivity contribution in [2.24, 2.45) is 0 Å². The van der Waals surface area contributed by atoms with Crippen molar-refractivity contribution in [2.75, 3.05) is 0 Å². The van der Waals surface area contributed by atoms with Crippen LogP contribution in [0.2, 0.25) is 0 Å². The molecule has 2 nitrogen and oxygen atoms in total. The van der Waals surface area contributed by atoms with Crippen LogP contribution in [0.4, 0.5) is 0 Å². The number of rotatable bonds is 3. The molecule has 82 valence electrons. The summed E-state index contributed by atoms with van der Waals surface area (Å²) in [5.74, 6) is 0.965. The molecule has 0 bridgehead atoms. The van der Waals surface area contributed by atoms with E-state index < -0.39 is 0 Å². The highest BCUT2D eigenvalue weighted by atomic mass is 16.5. The number of ether oxygens (including phenoxy) is 1. The molecule has 0 N–H and O–H groups in total. The zero-order valence-electron chi connectivity index (χ0n) is 9.83. The third-order valence-electron chi connectivity index (χ3n) is 1.92. The average Bonchev–Trinajstić information content (AvgIpc) is 2.15. The monoisotopic (exact) mass is 206 g/mol. The van der Waals surface area contributed by atoms with Gasteiger partial charge in [0.15, 0.2) is 5.78 Å². The first-order valence-corrected chi connectivity index (χ1v) is 5.24. The quantitative estimate of drug-likeness (QED) is 0.708. The van der Waals surface area contributed by atoms with Crippen LogP contribution in [0, 0.1) is 0 Å². The summed E-state index contributed by atoms with van der Waals surface area (Å²) in [6.07, 6.45) is 0.541. The highest BCUT2D eigenvalue weighted by Crippen LogP contribution is 2.18. The number of hydrogen-bond acceptors (Lipinski definition) is 2. The molecule has 0 atom stereocenters. The number of carbonyl (C=O) groups excluding carboxylic acids is 1. The zero-order valence-corrected chi connectivity index (χ0v) is 9.83. The van der Waals surface area contributed by atoms with Crippen molar-refractivity contribution in [2.45, 2.75) is 39.7 Å². The van der Waals surface area contributed by atoms with Crippen molar-refractivity contribution >= 4 is 5.78 Å². The minimum Gasteiger partial charge on any atom is -0.488 e. The molecule has 0 spiro atoms. The summed E-state index contributed by atoms with van der Waals surface area (Å²) in [7, 11) is 0. The van der Waals surface area contributed by atoms with Gasteiger partial charge in [-0.25, -0.2) is 0 Å². The van der Waals surface area contributed by atoms with Crippen LogP contribution in [0.1, 0.15) is 44.5 Å². The van der Waals surface area contributed by atoms with E-state index in [-0.39, 0.29) is 11.4 Å². The second-order valence-electron chi connectivity index (χ2n) is 4.52. The van der Waals surface area contributed by atoms with E-state index in [1.165, 1.54) is 0 Å². The molecule has 0 aliphatic carbocycles. The summed E-state index contributed by atoms with van der Waals surface area (Å²) >= 11 is 0. The van der Waals surface area contributed by atoms with Crippen molar-refractivity contribution in [3.8, 4) is 5.75 Å². The molecule has 0 unspecified atom stereocenters. The molecule has 0 radical (unpaired) electrons. The molecule has 1 aromatic carbocycles. The normalized spacial score (nSPS) is 11.2. The fourth-order valence-electron chi connectivity index (χ4n) is 1.27. The van der Waals surface area contributed by atoms with E-state index >= 15 is 0 Å². The number of Topliss-reactive ketones (excluding diaryl/α,β-unsaturated/α-hetero) is 1. The van der Waals surface area contributed by atoms with Gasteiger partial charge in [0.2, 0.25) is 0 Å². The Morgan fingerprint density at radius 1 is 1.20 bits per heavy atom. The molecule has 0 heterocycles. The lowest BCUT2D eigenvalue weighted by Crippen LogP contribution is -2.22. The zero-order chi connectivity index (χ0) is 11.5. The van der Waals surface area contributed by atoms with E-state index in [0.29, 0.717) is 6.42 Å². The smallest absolute Gasteiger partial charge is 0.162 e. The van der Waals surface area contributed by atoms with Gasteiger partial charge in [-0.2, -0.15) is 0 Å². The molecule has 1 aromatic rings. The van der Waals surface area contributed by atoms with Gasteiger partial charge in [-0.3, -0.25) is 4.79 Å². The molecule has 0 saturated carbocycles. The van der Waals surface area contributed by atoms with E-state index in [1.54, 1.807) is 0 Å². The first kappa shape index (κ1) is 11.8. The van der Waals surface area contributed by atoms with Gasteiger partial charge in [0.1, 0.15) is 11.4 Å². The van der Waals surface area contributed by atoms with Crippen LogP contribution in [-0.4, -0.2) is 11.4 Å². The molecule has 0 aliphatic rings. The van der Waals surface area contributed by atoms with Gasteiger partial charge >= 0.3 is 0 Å². The van der Waals surface area contributed by atoms with Gasteiger partial charge in [-0.15, -0.1) is 0 Å². The second kappa shape index (κ2) is 4.47. The largest absolute Gasteiger partial charge is 0.488 e. The summed E-state index contributed by atoms with van der Waals surface area (Å²) in [6, 6.07) is 7.31. The lowest BCUT2D eigenvalue weighted by atomic mass is 10.1. The third kappa shape index (κ3) is 3.74. The van der Waals surface area contributed by atoms with E-state index in [0.717, 1.165) is 11.3 Å². The van der Waals surface area contributed by atoms with E-state index in [9.17, 15) is 4.79 Å². The molecule has 0 aliphatic heterocycles. The first-order chi connectivity index (χ1) is 6.92. The van der Waals surface area contributed by atoms with E-state index in [2.05, 4.69) is 0 Å². The molecule has 15 heavy (non-hydrogen) atoms. The first-order valence-electron chi connectivity index (χ1n) is 5.24. The summed E-state index contributed by atoms with van der Waals surface area (Å²) in [5.41, 5.74) is 0.551. The molecule has 0 amide bonds. The van der Waals surface area contributed by atoms with Crippen molar-refractivity contribution in [3.63, 3.8) is 0 Å². The van der Waals surface area contributed by atoms with E-state index in [4.69, 9.17) is 4.74 Å². The molecule has 1 rings (SSSR count). The Morgan fingerprint density at radius 3 is 2.13 bits per heavy atom. The second-order valence-corrected chi connectivity index (χ2v) is 4.52. The number of benzene rings is 1. The lowest BCUT2D eigenvalue weighted by molar-refractivity contribution is 0.0988. The fourth-order valence-corrected chi connectivity index (χ4v) is 1.27. The Balaban J connectivity index is 2.77. The van der Waals surface area contributed by atoms with Crippen molar-refractivity contribution in [1.29, 1.82) is 0 Å². The molecular formula is C13H18O2. The third-order valence-corrected chi connectivity index (χ3v) is 1.92. The van der Waals surface area contributed by atoms with Crippen LogP contribution in [-0.2, 0) is 0 Å². The Bertz CT molecular complexity index is 331. The maximum Gasteiger partial charge on any atom is 0.162 e. The summed E-state index contributed by atoms with van der Waals surface area (Å²) in [6.45, 7) is 7.86. The Labute approximate surface area is 91.3 Å². The Morgan fingerprint density at radius 2 is 1.73 bits per heavy atom. The summed E-state index contributed by atoms with van der Waals surface area (Å²) < 4.78 is 5.66. The minimum atomic E-state index is -0.198. The highest BCUT2D eigenvalue weighted by Gasteiger charge is 2.11. The fraction of sp³-hybridized carbons (Fsp3) is 0.462. The van der Waals surface area contributed by atoms with E-state index in [1.807, 2.05) is 52.0 Å². The molecule has 0 aromatic heterocycles.